The smallest absolute Gasteiger partial charge is 0.167 e. The highest BCUT2D eigenvalue weighted by Gasteiger charge is 2.13. The van der Waals surface area contributed by atoms with Crippen molar-refractivity contribution in [3.8, 4) is 11.3 Å². The highest BCUT2D eigenvalue weighted by Crippen LogP contribution is 2.20. The van der Waals surface area contributed by atoms with Crippen molar-refractivity contribution in [2.24, 2.45) is 0 Å². The summed E-state index contributed by atoms with van der Waals surface area (Å²) in [5, 5.41) is 4.09. The third-order valence-corrected chi connectivity index (χ3v) is 2.25. The molecule has 0 fully saturated rings. The van der Waals surface area contributed by atoms with Gasteiger partial charge >= 0.3 is 0 Å². The Bertz CT molecular complexity index is 454. The third kappa shape index (κ3) is 2.70. The number of quaternary nitrogens is 1. The second-order valence-electron chi connectivity index (χ2n) is 5.00. The van der Waals surface area contributed by atoms with Crippen LogP contribution in [0.1, 0.15) is 5.69 Å². The van der Waals surface area contributed by atoms with Crippen LogP contribution in [0, 0.1) is 0 Å². The Kier molecular flexibility index (Phi) is 2.79. The lowest BCUT2D eigenvalue weighted by Gasteiger charge is -2.21. The molecule has 16 heavy (non-hydrogen) atoms. The number of aromatic nitrogens is 1. The van der Waals surface area contributed by atoms with E-state index in [2.05, 4.69) is 26.3 Å². The Morgan fingerprint density at radius 3 is 2.44 bits per heavy atom. The fourth-order valence-corrected chi connectivity index (χ4v) is 1.61. The summed E-state index contributed by atoms with van der Waals surface area (Å²) >= 11 is 0. The quantitative estimate of drug-likeness (QED) is 0.738. The average molecular weight is 217 g/mol. The maximum absolute atomic E-state index is 5.34. The van der Waals surface area contributed by atoms with Crippen LogP contribution in [0.15, 0.2) is 40.9 Å². The Morgan fingerprint density at radius 2 is 1.81 bits per heavy atom. The second-order valence-corrected chi connectivity index (χ2v) is 5.00. The van der Waals surface area contributed by atoms with E-state index in [9.17, 15) is 0 Å². The summed E-state index contributed by atoms with van der Waals surface area (Å²) < 4.78 is 6.18. The molecule has 0 atom stereocenters. The van der Waals surface area contributed by atoms with Crippen LogP contribution in [0.5, 0.6) is 0 Å². The molecule has 2 aromatic rings. The zero-order valence-electron chi connectivity index (χ0n) is 9.97. The minimum absolute atomic E-state index is 0.837. The van der Waals surface area contributed by atoms with Gasteiger partial charge in [-0.3, -0.25) is 0 Å². The van der Waals surface area contributed by atoms with Gasteiger partial charge in [-0.2, -0.15) is 0 Å². The van der Waals surface area contributed by atoms with Gasteiger partial charge in [-0.05, 0) is 0 Å². The molecular weight excluding hydrogens is 200 g/mol. The first-order valence-electron chi connectivity index (χ1n) is 5.36. The van der Waals surface area contributed by atoms with Gasteiger partial charge in [0, 0.05) is 11.6 Å². The van der Waals surface area contributed by atoms with Crippen molar-refractivity contribution in [2.75, 3.05) is 21.1 Å². The lowest BCUT2D eigenvalue weighted by molar-refractivity contribution is -0.884. The lowest BCUT2D eigenvalue weighted by Crippen LogP contribution is -2.33. The Morgan fingerprint density at radius 1 is 1.12 bits per heavy atom. The fourth-order valence-electron chi connectivity index (χ4n) is 1.61. The van der Waals surface area contributed by atoms with Crippen molar-refractivity contribution in [1.82, 2.24) is 5.16 Å². The van der Waals surface area contributed by atoms with Crippen LogP contribution in [-0.4, -0.2) is 30.8 Å². The van der Waals surface area contributed by atoms with Gasteiger partial charge in [-0.25, -0.2) is 0 Å². The molecule has 1 heterocycles. The standard InChI is InChI=1S/C13H17N2O/c1-15(2,3)10-12-9-13(16-14-12)11-7-5-4-6-8-11/h4-9H,10H2,1-3H3/q+1. The van der Waals surface area contributed by atoms with Crippen molar-refractivity contribution in [3.63, 3.8) is 0 Å². The van der Waals surface area contributed by atoms with Crippen LogP contribution >= 0.6 is 0 Å². The number of benzene rings is 1. The van der Waals surface area contributed by atoms with Crippen LogP contribution in [0.4, 0.5) is 0 Å². The van der Waals surface area contributed by atoms with E-state index in [4.69, 9.17) is 4.52 Å². The van der Waals surface area contributed by atoms with E-state index in [0.717, 1.165) is 28.0 Å². The summed E-state index contributed by atoms with van der Waals surface area (Å²) in [7, 11) is 6.41. The molecule has 0 amide bonds. The normalized spacial score (nSPS) is 11.7. The van der Waals surface area contributed by atoms with Gasteiger partial charge in [0.05, 0.1) is 21.1 Å². The summed E-state index contributed by atoms with van der Waals surface area (Å²) in [6.45, 7) is 0.871. The van der Waals surface area contributed by atoms with Crippen LogP contribution in [-0.2, 0) is 6.54 Å². The van der Waals surface area contributed by atoms with Crippen LogP contribution in [0.3, 0.4) is 0 Å². The number of hydrogen-bond donors (Lipinski definition) is 0. The van der Waals surface area contributed by atoms with E-state index < -0.39 is 0 Å². The maximum Gasteiger partial charge on any atom is 0.167 e. The van der Waals surface area contributed by atoms with Gasteiger partial charge in [-0.1, -0.05) is 35.5 Å². The monoisotopic (exact) mass is 217 g/mol. The van der Waals surface area contributed by atoms with Gasteiger partial charge < -0.3 is 9.01 Å². The molecule has 1 aromatic heterocycles. The molecule has 0 aliphatic carbocycles. The summed E-state index contributed by atoms with van der Waals surface area (Å²) in [6, 6.07) is 12.0. The van der Waals surface area contributed by atoms with Gasteiger partial charge in [0.15, 0.2) is 5.76 Å². The van der Waals surface area contributed by atoms with E-state index >= 15 is 0 Å². The van der Waals surface area contributed by atoms with Gasteiger partial charge in [0.1, 0.15) is 12.2 Å². The van der Waals surface area contributed by atoms with Gasteiger partial charge in [0.25, 0.3) is 0 Å². The summed E-state index contributed by atoms with van der Waals surface area (Å²) in [4.78, 5) is 0. The second kappa shape index (κ2) is 4.10. The molecule has 1 aromatic carbocycles. The predicted molar refractivity (Wildman–Crippen MR) is 63.7 cm³/mol. The summed E-state index contributed by atoms with van der Waals surface area (Å²) in [5.41, 5.74) is 2.06. The first-order valence-corrected chi connectivity index (χ1v) is 5.36. The maximum atomic E-state index is 5.34. The van der Waals surface area contributed by atoms with E-state index in [0.29, 0.717) is 0 Å². The first kappa shape index (κ1) is 10.9. The zero-order chi connectivity index (χ0) is 11.6. The predicted octanol–water partition coefficient (Wildman–Crippen LogP) is 2.55. The molecule has 0 radical (unpaired) electrons. The molecule has 0 unspecified atom stereocenters. The molecular formula is C13H17N2O+. The number of hydrogen-bond acceptors (Lipinski definition) is 2. The summed E-state index contributed by atoms with van der Waals surface area (Å²) in [5.74, 6) is 0.837. The molecule has 2 rings (SSSR count). The molecule has 0 aliphatic rings. The van der Waals surface area contributed by atoms with Crippen molar-refractivity contribution in [3.05, 3.63) is 42.1 Å². The zero-order valence-corrected chi connectivity index (χ0v) is 9.97. The van der Waals surface area contributed by atoms with Crippen LogP contribution in [0.25, 0.3) is 11.3 Å². The fraction of sp³-hybridized carbons (Fsp3) is 0.308. The molecule has 0 aliphatic heterocycles. The minimum atomic E-state index is 0.837. The molecule has 0 N–H and O–H groups in total. The molecule has 0 saturated carbocycles. The molecule has 3 nitrogen and oxygen atoms in total. The van der Waals surface area contributed by atoms with E-state index in [1.807, 2.05) is 36.4 Å². The largest absolute Gasteiger partial charge is 0.356 e. The molecule has 0 bridgehead atoms. The lowest BCUT2D eigenvalue weighted by atomic mass is 10.1. The number of nitrogens with zero attached hydrogens (tertiary/aromatic N) is 2. The van der Waals surface area contributed by atoms with E-state index in [1.165, 1.54) is 0 Å². The Labute approximate surface area is 95.9 Å². The van der Waals surface area contributed by atoms with Crippen LogP contribution < -0.4 is 0 Å². The van der Waals surface area contributed by atoms with Crippen LogP contribution in [0.2, 0.25) is 0 Å². The van der Waals surface area contributed by atoms with Gasteiger partial charge in [0.2, 0.25) is 0 Å². The number of rotatable bonds is 3. The average Bonchev–Trinajstić information content (AvgIpc) is 2.65. The summed E-state index contributed by atoms with van der Waals surface area (Å²) in [6.07, 6.45) is 0. The van der Waals surface area contributed by atoms with E-state index in [-0.39, 0.29) is 0 Å². The van der Waals surface area contributed by atoms with Crippen molar-refractivity contribution in [2.45, 2.75) is 6.54 Å². The topological polar surface area (TPSA) is 26.0 Å². The molecule has 0 saturated heterocycles. The first-order chi connectivity index (χ1) is 7.54. The molecule has 0 spiro atoms. The molecule has 84 valence electrons. The molecule has 3 heteroatoms. The van der Waals surface area contributed by atoms with E-state index in [1.54, 1.807) is 0 Å². The third-order valence-electron chi connectivity index (χ3n) is 2.25. The highest BCUT2D eigenvalue weighted by molar-refractivity contribution is 5.56. The Balaban J connectivity index is 2.21. The van der Waals surface area contributed by atoms with Crippen molar-refractivity contribution < 1.29 is 9.01 Å². The van der Waals surface area contributed by atoms with Crippen molar-refractivity contribution >= 4 is 0 Å². The Hall–Kier alpha value is -1.61. The SMILES string of the molecule is C[N+](C)(C)Cc1cc(-c2ccccc2)on1. The minimum Gasteiger partial charge on any atom is -0.356 e. The highest BCUT2D eigenvalue weighted by atomic mass is 16.5. The van der Waals surface area contributed by atoms with Gasteiger partial charge in [-0.15, -0.1) is 0 Å². The van der Waals surface area contributed by atoms with Crippen molar-refractivity contribution in [1.29, 1.82) is 0 Å².